The minimum atomic E-state index is -0.158. The van der Waals surface area contributed by atoms with Crippen LogP contribution in [0.15, 0.2) is 79.3 Å². The van der Waals surface area contributed by atoms with Gasteiger partial charge in [-0.15, -0.1) is 11.3 Å². The van der Waals surface area contributed by atoms with Crippen molar-refractivity contribution in [3.63, 3.8) is 0 Å². The molecule has 2 aromatic carbocycles. The molecule has 8 heteroatoms. The van der Waals surface area contributed by atoms with Gasteiger partial charge in [-0.25, -0.2) is 14.4 Å². The number of hydrogen-bond donors (Lipinski definition) is 0. The Bertz CT molecular complexity index is 1420. The molecule has 0 aliphatic rings. The Morgan fingerprint density at radius 2 is 1.79 bits per heavy atom. The summed E-state index contributed by atoms with van der Waals surface area (Å²) in [5.41, 5.74) is 3.78. The molecule has 0 aliphatic carbocycles. The van der Waals surface area contributed by atoms with Gasteiger partial charge in [0.1, 0.15) is 0 Å². The molecule has 33 heavy (non-hydrogen) atoms. The van der Waals surface area contributed by atoms with Crippen LogP contribution in [0.2, 0.25) is 0 Å². The summed E-state index contributed by atoms with van der Waals surface area (Å²) in [6, 6.07) is 17.6. The Morgan fingerprint density at radius 3 is 2.48 bits per heavy atom. The van der Waals surface area contributed by atoms with Gasteiger partial charge in [0.05, 0.1) is 17.1 Å². The second kappa shape index (κ2) is 9.89. The fourth-order valence-corrected chi connectivity index (χ4v) is 4.78. The molecule has 0 aliphatic heterocycles. The lowest BCUT2D eigenvalue weighted by Crippen LogP contribution is -2.19. The predicted molar refractivity (Wildman–Crippen MR) is 140 cm³/mol. The SMILES string of the molecule is Cc1c(N=c2scc(-c3ccccc3Br)n2N=CCC(C)C)c(=O)n(-c2ccccc2)n1C. The summed E-state index contributed by atoms with van der Waals surface area (Å²) in [6.45, 7) is 6.22. The quantitative estimate of drug-likeness (QED) is 0.290. The Morgan fingerprint density at radius 1 is 1.09 bits per heavy atom. The zero-order valence-electron chi connectivity index (χ0n) is 19.1. The molecule has 2 heterocycles. The molecule has 0 bridgehead atoms. The van der Waals surface area contributed by atoms with Crippen molar-refractivity contribution in [3.8, 4) is 16.9 Å². The average molecular weight is 524 g/mol. The molecule has 0 saturated heterocycles. The van der Waals surface area contributed by atoms with Crippen LogP contribution in [-0.2, 0) is 7.05 Å². The lowest BCUT2D eigenvalue weighted by Gasteiger charge is -2.07. The van der Waals surface area contributed by atoms with Gasteiger partial charge in [0.2, 0.25) is 4.80 Å². The normalized spacial score (nSPS) is 12.4. The highest BCUT2D eigenvalue weighted by molar-refractivity contribution is 9.10. The van der Waals surface area contributed by atoms with E-state index in [9.17, 15) is 4.79 Å². The van der Waals surface area contributed by atoms with Gasteiger partial charge in [0, 0.05) is 28.7 Å². The number of rotatable bonds is 6. The van der Waals surface area contributed by atoms with Crippen LogP contribution >= 0.6 is 27.3 Å². The van der Waals surface area contributed by atoms with E-state index in [1.165, 1.54) is 11.3 Å². The first-order chi connectivity index (χ1) is 15.9. The number of para-hydroxylation sites is 1. The molecule has 4 aromatic rings. The first kappa shape index (κ1) is 23.2. The summed E-state index contributed by atoms with van der Waals surface area (Å²) in [5, 5.41) is 6.77. The van der Waals surface area contributed by atoms with Crippen molar-refractivity contribution in [1.82, 2.24) is 14.0 Å². The molecule has 0 N–H and O–H groups in total. The van der Waals surface area contributed by atoms with E-state index in [-0.39, 0.29) is 5.56 Å². The van der Waals surface area contributed by atoms with Crippen molar-refractivity contribution in [3.05, 3.63) is 85.3 Å². The van der Waals surface area contributed by atoms with E-state index >= 15 is 0 Å². The second-order valence-electron chi connectivity index (χ2n) is 8.14. The van der Waals surface area contributed by atoms with E-state index in [0.717, 1.165) is 33.5 Å². The van der Waals surface area contributed by atoms with Crippen molar-refractivity contribution in [1.29, 1.82) is 0 Å². The Kier molecular flexibility index (Phi) is 6.95. The maximum Gasteiger partial charge on any atom is 0.297 e. The van der Waals surface area contributed by atoms with Gasteiger partial charge in [-0.1, -0.05) is 66.2 Å². The summed E-state index contributed by atoms with van der Waals surface area (Å²) in [4.78, 5) is 18.8. The van der Waals surface area contributed by atoms with Crippen LogP contribution in [0.4, 0.5) is 5.69 Å². The summed E-state index contributed by atoms with van der Waals surface area (Å²) in [5.74, 6) is 0.495. The maximum atomic E-state index is 13.4. The Balaban J connectivity index is 1.91. The van der Waals surface area contributed by atoms with Gasteiger partial charge in [-0.2, -0.15) is 5.10 Å². The molecule has 0 radical (unpaired) electrons. The van der Waals surface area contributed by atoms with Crippen LogP contribution in [0.25, 0.3) is 16.9 Å². The fraction of sp³-hybridized carbons (Fsp3) is 0.240. The summed E-state index contributed by atoms with van der Waals surface area (Å²) < 4.78 is 6.28. The monoisotopic (exact) mass is 523 g/mol. The largest absolute Gasteiger partial charge is 0.297 e. The second-order valence-corrected chi connectivity index (χ2v) is 9.84. The molecular formula is C25H26BrN5OS. The van der Waals surface area contributed by atoms with E-state index in [4.69, 9.17) is 10.1 Å². The zero-order chi connectivity index (χ0) is 23.5. The van der Waals surface area contributed by atoms with Gasteiger partial charge >= 0.3 is 0 Å². The van der Waals surface area contributed by atoms with E-state index in [1.807, 2.05) is 89.5 Å². The van der Waals surface area contributed by atoms with Crippen LogP contribution in [-0.4, -0.2) is 20.3 Å². The first-order valence-electron chi connectivity index (χ1n) is 10.8. The predicted octanol–water partition coefficient (Wildman–Crippen LogP) is 5.89. The molecule has 2 aromatic heterocycles. The van der Waals surface area contributed by atoms with Crippen LogP contribution < -0.4 is 10.4 Å². The van der Waals surface area contributed by atoms with Gasteiger partial charge in [-0.3, -0.25) is 9.48 Å². The Hall–Kier alpha value is -2.97. The minimum Gasteiger partial charge on any atom is -0.283 e. The first-order valence-corrected chi connectivity index (χ1v) is 12.4. The Labute approximate surface area is 205 Å². The van der Waals surface area contributed by atoms with E-state index < -0.39 is 0 Å². The molecule has 0 amide bonds. The summed E-state index contributed by atoms with van der Waals surface area (Å²) in [7, 11) is 1.87. The number of nitrogens with zero attached hydrogens (tertiary/aromatic N) is 5. The molecule has 0 atom stereocenters. The molecule has 0 spiro atoms. The average Bonchev–Trinajstić information content (AvgIpc) is 3.28. The van der Waals surface area contributed by atoms with Gasteiger partial charge in [-0.05, 0) is 37.5 Å². The van der Waals surface area contributed by atoms with E-state index in [1.54, 1.807) is 4.68 Å². The number of halogens is 1. The van der Waals surface area contributed by atoms with Crippen molar-refractivity contribution in [2.24, 2.45) is 23.1 Å². The topological polar surface area (TPSA) is 56.6 Å². The standard InChI is InChI=1S/C25H26BrN5OS/c1-17(2)14-15-27-30-22(20-12-8-9-13-21(20)26)16-33-25(30)28-23-18(3)29(4)31(24(23)32)19-10-6-5-7-11-19/h5-13,15-17H,14H2,1-4H3. The zero-order valence-corrected chi connectivity index (χ0v) is 21.5. The van der Waals surface area contributed by atoms with E-state index in [0.29, 0.717) is 16.4 Å². The van der Waals surface area contributed by atoms with Crippen LogP contribution in [0.1, 0.15) is 26.0 Å². The summed E-state index contributed by atoms with van der Waals surface area (Å²) >= 11 is 5.11. The smallest absolute Gasteiger partial charge is 0.283 e. The third kappa shape index (κ3) is 4.72. The highest BCUT2D eigenvalue weighted by atomic mass is 79.9. The minimum absolute atomic E-state index is 0.158. The van der Waals surface area contributed by atoms with Crippen molar-refractivity contribution in [2.75, 3.05) is 0 Å². The lowest BCUT2D eigenvalue weighted by molar-refractivity contribution is 0.630. The summed E-state index contributed by atoms with van der Waals surface area (Å²) in [6.07, 6.45) is 2.76. The molecule has 170 valence electrons. The molecule has 0 unspecified atom stereocenters. The van der Waals surface area contributed by atoms with Gasteiger partial charge in [0.15, 0.2) is 5.69 Å². The van der Waals surface area contributed by atoms with Crippen LogP contribution in [0, 0.1) is 12.8 Å². The lowest BCUT2D eigenvalue weighted by atomic mass is 10.2. The maximum absolute atomic E-state index is 13.4. The third-order valence-electron chi connectivity index (χ3n) is 5.34. The molecule has 0 fully saturated rings. The van der Waals surface area contributed by atoms with E-state index in [2.05, 4.69) is 29.8 Å². The van der Waals surface area contributed by atoms with Gasteiger partial charge < -0.3 is 0 Å². The van der Waals surface area contributed by atoms with Crippen LogP contribution in [0.3, 0.4) is 0 Å². The van der Waals surface area contributed by atoms with Gasteiger partial charge in [0.25, 0.3) is 5.56 Å². The third-order valence-corrected chi connectivity index (χ3v) is 6.85. The number of hydrogen-bond acceptors (Lipinski definition) is 4. The number of thiazole rings is 1. The molecule has 6 nitrogen and oxygen atoms in total. The fourth-order valence-electron chi connectivity index (χ4n) is 3.46. The number of aromatic nitrogens is 3. The highest BCUT2D eigenvalue weighted by Crippen LogP contribution is 2.28. The van der Waals surface area contributed by atoms with Crippen LogP contribution in [0.5, 0.6) is 0 Å². The number of benzene rings is 2. The molecule has 4 rings (SSSR count). The highest BCUT2D eigenvalue weighted by Gasteiger charge is 2.17. The molecular weight excluding hydrogens is 498 g/mol. The van der Waals surface area contributed by atoms with Crippen molar-refractivity contribution >= 4 is 39.2 Å². The van der Waals surface area contributed by atoms with Crippen molar-refractivity contribution in [2.45, 2.75) is 27.2 Å². The van der Waals surface area contributed by atoms with Crippen molar-refractivity contribution < 1.29 is 0 Å². The molecule has 0 saturated carbocycles.